The van der Waals surface area contributed by atoms with E-state index in [0.29, 0.717) is 56.0 Å². The number of aryl methyl sites for hydroxylation is 1. The Morgan fingerprint density at radius 2 is 1.95 bits per heavy atom. The number of hydrogen-bond donors (Lipinski definition) is 1. The molecule has 0 bridgehead atoms. The molecule has 0 aliphatic carbocycles. The maximum Gasteiger partial charge on any atom is 0.386 e. The Bertz CT molecular complexity index is 1290. The molecule has 4 amide bonds. The zero-order valence-corrected chi connectivity index (χ0v) is 23.7. The second kappa shape index (κ2) is 12.6. The number of amides is 4. The lowest BCUT2D eigenvalue weighted by Crippen LogP contribution is -2.52. The molecule has 1 atom stereocenters. The summed E-state index contributed by atoms with van der Waals surface area (Å²) in [5.41, 5.74) is 2.19. The second-order valence-electron chi connectivity index (χ2n) is 11.6. The highest BCUT2D eigenvalue weighted by Gasteiger charge is 2.39. The molecule has 2 aliphatic heterocycles. The maximum atomic E-state index is 12.8. The van der Waals surface area contributed by atoms with Crippen LogP contribution in [0.4, 0.5) is 0 Å². The van der Waals surface area contributed by atoms with E-state index in [1.54, 1.807) is 12.1 Å². The number of aromatic nitrogens is 1. The van der Waals surface area contributed by atoms with Gasteiger partial charge in [0.05, 0.1) is 18.7 Å². The van der Waals surface area contributed by atoms with Crippen molar-refractivity contribution in [3.63, 3.8) is 0 Å². The largest absolute Gasteiger partial charge is 0.494 e. The van der Waals surface area contributed by atoms with Gasteiger partial charge >= 0.3 is 5.91 Å². The van der Waals surface area contributed by atoms with Gasteiger partial charge in [0.15, 0.2) is 6.54 Å². The van der Waals surface area contributed by atoms with Crippen LogP contribution in [-0.2, 0) is 32.8 Å². The number of nitrogens with one attached hydrogen (secondary N) is 1. The SMILES string of the molecule is C=[N+](CCCCCCOc1ccc2c(c1)CN(C1CCC(=O)NC1=O)C2=O)C(=O)CCc1cc(C(C)(C)C)no1. The van der Waals surface area contributed by atoms with Gasteiger partial charge in [-0.2, -0.15) is 4.58 Å². The monoisotopic (exact) mass is 551 g/mol. The van der Waals surface area contributed by atoms with Gasteiger partial charge in [0.25, 0.3) is 5.91 Å². The van der Waals surface area contributed by atoms with E-state index >= 15 is 0 Å². The summed E-state index contributed by atoms with van der Waals surface area (Å²) < 4.78 is 12.8. The minimum atomic E-state index is -0.624. The molecule has 0 saturated carbocycles. The van der Waals surface area contributed by atoms with Crippen LogP contribution in [0.1, 0.15) is 93.1 Å². The van der Waals surface area contributed by atoms with Gasteiger partial charge in [-0.25, -0.2) is 4.79 Å². The number of carbonyl (C=O) groups is 4. The summed E-state index contributed by atoms with van der Waals surface area (Å²) >= 11 is 0. The predicted molar refractivity (Wildman–Crippen MR) is 147 cm³/mol. The Morgan fingerprint density at radius 1 is 1.18 bits per heavy atom. The fourth-order valence-electron chi connectivity index (χ4n) is 4.89. The molecule has 2 aliphatic rings. The van der Waals surface area contributed by atoms with Crippen LogP contribution in [-0.4, -0.2) is 64.2 Å². The zero-order valence-electron chi connectivity index (χ0n) is 23.7. The Labute approximate surface area is 234 Å². The minimum Gasteiger partial charge on any atom is -0.494 e. The molecule has 1 aromatic carbocycles. The highest BCUT2D eigenvalue weighted by Crippen LogP contribution is 2.30. The van der Waals surface area contributed by atoms with Gasteiger partial charge in [0.1, 0.15) is 24.3 Å². The van der Waals surface area contributed by atoms with Crippen molar-refractivity contribution < 1.29 is 33.0 Å². The van der Waals surface area contributed by atoms with E-state index in [2.05, 4.69) is 38.0 Å². The van der Waals surface area contributed by atoms with Crippen molar-refractivity contribution in [2.24, 2.45) is 0 Å². The van der Waals surface area contributed by atoms with Gasteiger partial charge in [-0.05, 0) is 49.4 Å². The Kier molecular flexibility index (Phi) is 9.17. The van der Waals surface area contributed by atoms with Crippen molar-refractivity contribution in [3.05, 3.63) is 46.8 Å². The summed E-state index contributed by atoms with van der Waals surface area (Å²) in [7, 11) is 0. The van der Waals surface area contributed by atoms with Gasteiger partial charge in [0.2, 0.25) is 11.8 Å². The summed E-state index contributed by atoms with van der Waals surface area (Å²) in [4.78, 5) is 50.4. The number of nitrogens with zero attached hydrogens (tertiary/aromatic N) is 3. The van der Waals surface area contributed by atoms with Crippen LogP contribution < -0.4 is 10.1 Å². The third-order valence-corrected chi connectivity index (χ3v) is 7.35. The van der Waals surface area contributed by atoms with Crippen LogP contribution in [0.15, 0.2) is 28.8 Å². The van der Waals surface area contributed by atoms with Gasteiger partial charge in [-0.15, -0.1) is 0 Å². The Balaban J connectivity index is 1.11. The van der Waals surface area contributed by atoms with E-state index in [1.807, 2.05) is 12.1 Å². The van der Waals surface area contributed by atoms with Gasteiger partial charge in [-0.1, -0.05) is 25.9 Å². The molecular formula is C30H39N4O6+. The highest BCUT2D eigenvalue weighted by molar-refractivity contribution is 6.05. The Hall–Kier alpha value is -3.82. The van der Waals surface area contributed by atoms with Crippen LogP contribution in [0.3, 0.4) is 0 Å². The third kappa shape index (κ3) is 7.22. The lowest BCUT2D eigenvalue weighted by atomic mass is 9.92. The lowest BCUT2D eigenvalue weighted by molar-refractivity contribution is -0.442. The van der Waals surface area contributed by atoms with Crippen LogP contribution in [0.2, 0.25) is 0 Å². The number of benzene rings is 1. The summed E-state index contributed by atoms with van der Waals surface area (Å²) in [6.07, 6.45) is 5.08. The average molecular weight is 552 g/mol. The first-order chi connectivity index (χ1) is 19.0. The van der Waals surface area contributed by atoms with E-state index in [-0.39, 0.29) is 29.6 Å². The van der Waals surface area contributed by atoms with Crippen molar-refractivity contribution in [1.82, 2.24) is 15.4 Å². The lowest BCUT2D eigenvalue weighted by Gasteiger charge is -2.29. The van der Waals surface area contributed by atoms with E-state index in [9.17, 15) is 19.2 Å². The number of rotatable bonds is 12. The number of ether oxygens (including phenoxy) is 1. The van der Waals surface area contributed by atoms with Crippen molar-refractivity contribution in [3.8, 4) is 5.75 Å². The summed E-state index contributed by atoms with van der Waals surface area (Å²) in [5.74, 6) is 0.485. The number of piperidine rings is 1. The molecule has 3 heterocycles. The first-order valence-electron chi connectivity index (χ1n) is 14.0. The van der Waals surface area contributed by atoms with Crippen LogP contribution in [0, 0.1) is 0 Å². The topological polar surface area (TPSA) is 122 Å². The minimum absolute atomic E-state index is 0.0108. The standard InChI is InChI=1S/C30H38N4O6/c1-30(2,3)25-18-22(40-32-25)10-14-27(36)33(4)15-7-5-6-8-16-39-21-9-11-23-20(17-21)19-34(29(23)38)24-12-13-26(35)31-28(24)37/h9,11,17-18,24H,4-8,10,12-16,19H2,1-3H3/p+1. The molecule has 1 saturated heterocycles. The van der Waals surface area contributed by atoms with E-state index in [1.165, 1.54) is 9.48 Å². The molecule has 1 fully saturated rings. The molecule has 4 rings (SSSR count). The average Bonchev–Trinajstić information content (AvgIpc) is 3.51. The molecule has 1 unspecified atom stereocenters. The normalized spacial score (nSPS) is 17.1. The predicted octanol–water partition coefficient (Wildman–Crippen LogP) is 3.54. The van der Waals surface area contributed by atoms with Crippen molar-refractivity contribution >= 4 is 30.3 Å². The number of fused-ring (bicyclic) bond motifs is 1. The molecule has 214 valence electrons. The van der Waals surface area contributed by atoms with Crippen molar-refractivity contribution in [2.45, 2.75) is 90.1 Å². The summed E-state index contributed by atoms with van der Waals surface area (Å²) in [6, 6.07) is 6.67. The molecule has 1 N–H and O–H groups in total. The fourth-order valence-corrected chi connectivity index (χ4v) is 4.89. The molecule has 1 aromatic heterocycles. The molecule has 40 heavy (non-hydrogen) atoms. The molecule has 0 radical (unpaired) electrons. The van der Waals surface area contributed by atoms with Crippen LogP contribution in [0.25, 0.3) is 0 Å². The maximum absolute atomic E-state index is 12.8. The van der Waals surface area contributed by atoms with Gasteiger partial charge < -0.3 is 14.2 Å². The number of carbonyl (C=O) groups excluding carboxylic acids is 4. The van der Waals surface area contributed by atoms with Crippen LogP contribution >= 0.6 is 0 Å². The van der Waals surface area contributed by atoms with Crippen molar-refractivity contribution in [1.29, 1.82) is 0 Å². The third-order valence-electron chi connectivity index (χ3n) is 7.35. The van der Waals surface area contributed by atoms with E-state index in [4.69, 9.17) is 9.26 Å². The number of imide groups is 1. The van der Waals surface area contributed by atoms with Crippen LogP contribution in [0.5, 0.6) is 5.75 Å². The quantitative estimate of drug-likeness (QED) is 0.185. The number of unbranched alkanes of at least 4 members (excludes halogenated alkanes) is 3. The molecule has 0 spiro atoms. The molecule has 2 aromatic rings. The smallest absolute Gasteiger partial charge is 0.386 e. The van der Waals surface area contributed by atoms with Gasteiger partial charge in [-0.3, -0.25) is 19.7 Å². The fraction of sp³-hybridized carbons (Fsp3) is 0.533. The molecule has 10 heteroatoms. The summed E-state index contributed by atoms with van der Waals surface area (Å²) in [6.45, 7) is 11.6. The second-order valence-corrected chi connectivity index (χ2v) is 11.6. The first kappa shape index (κ1) is 29.2. The molecular weight excluding hydrogens is 512 g/mol. The van der Waals surface area contributed by atoms with E-state index < -0.39 is 11.9 Å². The van der Waals surface area contributed by atoms with Gasteiger partial charge in [0, 0.05) is 42.9 Å². The highest BCUT2D eigenvalue weighted by atomic mass is 16.5. The number of hydrogen-bond acceptors (Lipinski definition) is 7. The summed E-state index contributed by atoms with van der Waals surface area (Å²) in [5, 5.41) is 6.41. The van der Waals surface area contributed by atoms with E-state index in [0.717, 1.165) is 36.9 Å². The Morgan fingerprint density at radius 3 is 2.67 bits per heavy atom. The molecule has 10 nitrogen and oxygen atoms in total. The first-order valence-corrected chi connectivity index (χ1v) is 14.0. The van der Waals surface area contributed by atoms with Crippen molar-refractivity contribution in [2.75, 3.05) is 13.2 Å². The zero-order chi connectivity index (χ0) is 28.9.